The van der Waals surface area contributed by atoms with E-state index in [1.165, 1.54) is 12.1 Å². The predicted molar refractivity (Wildman–Crippen MR) is 91.9 cm³/mol. The lowest BCUT2D eigenvalue weighted by Crippen LogP contribution is -2.17. The third-order valence-corrected chi connectivity index (χ3v) is 6.72. The van der Waals surface area contributed by atoms with Crippen molar-refractivity contribution in [1.29, 1.82) is 0 Å². The summed E-state index contributed by atoms with van der Waals surface area (Å²) in [6.07, 6.45) is 0. The Kier molecular flexibility index (Phi) is 3.97. The lowest BCUT2D eigenvalue weighted by molar-refractivity contribution is 0.593. The summed E-state index contributed by atoms with van der Waals surface area (Å²) in [4.78, 5) is 0.498. The maximum Gasteiger partial charge on any atom is 0.182 e. The molecule has 0 aromatic heterocycles. The first-order valence-electron chi connectivity index (χ1n) is 6.76. The number of rotatable bonds is 4. The molecule has 1 aliphatic rings. The molecule has 3 rings (SSSR count). The molecule has 0 heterocycles. The maximum absolute atomic E-state index is 12.8. The quantitative estimate of drug-likeness (QED) is 0.859. The van der Waals surface area contributed by atoms with Gasteiger partial charge in [-0.1, -0.05) is 54.2 Å². The minimum absolute atomic E-state index is 0.181. The van der Waals surface area contributed by atoms with E-state index in [4.69, 9.17) is 29.6 Å². The summed E-state index contributed by atoms with van der Waals surface area (Å²) in [6, 6.07) is 15.7. The number of thiocarbonyl (C=S) groups is 1. The minimum atomic E-state index is -3.50. The van der Waals surface area contributed by atoms with Gasteiger partial charge in [-0.15, -0.1) is 0 Å². The largest absolute Gasteiger partial charge is 0.393 e. The highest BCUT2D eigenvalue weighted by atomic mass is 35.5. The van der Waals surface area contributed by atoms with Crippen molar-refractivity contribution in [2.24, 2.45) is 11.7 Å². The van der Waals surface area contributed by atoms with Gasteiger partial charge in [0.05, 0.1) is 15.1 Å². The fourth-order valence-electron chi connectivity index (χ4n) is 2.86. The van der Waals surface area contributed by atoms with E-state index in [1.807, 2.05) is 30.3 Å². The van der Waals surface area contributed by atoms with Gasteiger partial charge in [-0.3, -0.25) is 0 Å². The lowest BCUT2D eigenvalue weighted by atomic mass is 10.1. The van der Waals surface area contributed by atoms with Crippen molar-refractivity contribution in [2.45, 2.75) is 16.1 Å². The monoisotopic (exact) mass is 351 g/mol. The molecule has 114 valence electrons. The second-order valence-corrected chi connectivity index (χ2v) is 8.34. The Labute approximate surface area is 140 Å². The Hall–Kier alpha value is -1.43. The Morgan fingerprint density at radius 3 is 2.18 bits per heavy atom. The second kappa shape index (κ2) is 5.65. The average Bonchev–Trinajstić information content (AvgIpc) is 3.25. The van der Waals surface area contributed by atoms with Crippen molar-refractivity contribution < 1.29 is 8.42 Å². The number of benzene rings is 2. The SMILES string of the molecule is NC(=S)C1C(c2ccccc2)C1S(=O)(=O)c1ccc(Cl)cc1. The Morgan fingerprint density at radius 2 is 1.64 bits per heavy atom. The van der Waals surface area contributed by atoms with Crippen molar-refractivity contribution in [3.8, 4) is 0 Å². The molecule has 6 heteroatoms. The molecule has 3 nitrogen and oxygen atoms in total. The van der Waals surface area contributed by atoms with Crippen LogP contribution in [0.5, 0.6) is 0 Å². The first-order chi connectivity index (χ1) is 10.4. The van der Waals surface area contributed by atoms with Crippen molar-refractivity contribution >= 4 is 38.6 Å². The van der Waals surface area contributed by atoms with Gasteiger partial charge in [0, 0.05) is 16.9 Å². The van der Waals surface area contributed by atoms with Crippen LogP contribution in [-0.2, 0) is 9.84 Å². The van der Waals surface area contributed by atoms with Crippen LogP contribution in [0.1, 0.15) is 11.5 Å². The van der Waals surface area contributed by atoms with Gasteiger partial charge in [-0.25, -0.2) is 8.42 Å². The smallest absolute Gasteiger partial charge is 0.182 e. The van der Waals surface area contributed by atoms with Gasteiger partial charge in [-0.2, -0.15) is 0 Å². The standard InChI is InChI=1S/C16H14ClNO2S2/c17-11-6-8-12(9-7-11)22(19,20)15-13(14(15)16(18)21)10-4-2-1-3-5-10/h1-9,13-15H,(H2,18,21). The highest BCUT2D eigenvalue weighted by Gasteiger charge is 2.60. The summed E-state index contributed by atoms with van der Waals surface area (Å²) in [5.74, 6) is -0.502. The number of hydrogen-bond donors (Lipinski definition) is 1. The zero-order valence-corrected chi connectivity index (χ0v) is 13.9. The molecule has 0 radical (unpaired) electrons. The van der Waals surface area contributed by atoms with E-state index in [9.17, 15) is 8.42 Å². The molecule has 2 aromatic carbocycles. The summed E-state index contributed by atoms with van der Waals surface area (Å²) < 4.78 is 25.7. The molecular formula is C16H14ClNO2S2. The third-order valence-electron chi connectivity index (χ3n) is 3.97. The maximum atomic E-state index is 12.8. The Morgan fingerprint density at radius 1 is 1.05 bits per heavy atom. The van der Waals surface area contributed by atoms with Gasteiger partial charge in [0.1, 0.15) is 0 Å². The molecule has 2 aromatic rings. The molecule has 0 spiro atoms. The second-order valence-electron chi connectivity index (χ2n) is 5.33. The number of hydrogen-bond acceptors (Lipinski definition) is 3. The summed E-state index contributed by atoms with van der Waals surface area (Å²) in [5.41, 5.74) is 6.71. The van der Waals surface area contributed by atoms with Crippen LogP contribution in [0.2, 0.25) is 5.02 Å². The minimum Gasteiger partial charge on any atom is -0.393 e. The van der Waals surface area contributed by atoms with E-state index >= 15 is 0 Å². The first kappa shape index (κ1) is 15.5. The molecule has 1 fully saturated rings. The molecule has 0 aliphatic heterocycles. The van der Waals surface area contributed by atoms with Crippen LogP contribution >= 0.6 is 23.8 Å². The van der Waals surface area contributed by atoms with E-state index in [0.29, 0.717) is 5.02 Å². The van der Waals surface area contributed by atoms with Crippen LogP contribution in [0.3, 0.4) is 0 Å². The van der Waals surface area contributed by atoms with Crippen molar-refractivity contribution in [2.75, 3.05) is 0 Å². The third kappa shape index (κ3) is 2.64. The van der Waals surface area contributed by atoms with Crippen molar-refractivity contribution in [3.63, 3.8) is 0 Å². The number of halogens is 1. The normalized spacial score (nSPS) is 24.0. The molecule has 0 bridgehead atoms. The van der Waals surface area contributed by atoms with Gasteiger partial charge in [0.25, 0.3) is 0 Å². The zero-order valence-electron chi connectivity index (χ0n) is 11.5. The highest BCUT2D eigenvalue weighted by Crippen LogP contribution is 2.54. The summed E-state index contributed by atoms with van der Waals surface area (Å²) >= 11 is 10.9. The molecular weight excluding hydrogens is 338 g/mol. The van der Waals surface area contributed by atoms with E-state index in [-0.39, 0.29) is 21.7 Å². The predicted octanol–water partition coefficient (Wildman–Crippen LogP) is 3.18. The molecule has 0 saturated heterocycles. The van der Waals surface area contributed by atoms with E-state index < -0.39 is 15.1 Å². The number of nitrogens with two attached hydrogens (primary N) is 1. The van der Waals surface area contributed by atoms with Crippen LogP contribution < -0.4 is 5.73 Å². The molecule has 1 aliphatic carbocycles. The van der Waals surface area contributed by atoms with Gasteiger partial charge in [0.15, 0.2) is 9.84 Å². The van der Waals surface area contributed by atoms with E-state index in [1.54, 1.807) is 12.1 Å². The van der Waals surface area contributed by atoms with E-state index in [0.717, 1.165) is 5.56 Å². The van der Waals surface area contributed by atoms with Crippen molar-refractivity contribution in [3.05, 3.63) is 65.2 Å². The van der Waals surface area contributed by atoms with E-state index in [2.05, 4.69) is 0 Å². The van der Waals surface area contributed by atoms with Gasteiger partial charge >= 0.3 is 0 Å². The van der Waals surface area contributed by atoms with Gasteiger partial charge < -0.3 is 5.73 Å². The number of sulfone groups is 1. The lowest BCUT2D eigenvalue weighted by Gasteiger charge is -2.04. The van der Waals surface area contributed by atoms with Crippen LogP contribution in [0, 0.1) is 5.92 Å². The fourth-order valence-corrected chi connectivity index (χ4v) is 5.52. The molecule has 1 saturated carbocycles. The molecule has 2 N–H and O–H groups in total. The average molecular weight is 352 g/mol. The highest BCUT2D eigenvalue weighted by molar-refractivity contribution is 7.92. The zero-order chi connectivity index (χ0) is 15.9. The van der Waals surface area contributed by atoms with Gasteiger partial charge in [0.2, 0.25) is 0 Å². The van der Waals surface area contributed by atoms with Crippen LogP contribution in [0.15, 0.2) is 59.5 Å². The topological polar surface area (TPSA) is 60.2 Å². The summed E-state index contributed by atoms with van der Waals surface area (Å²) in [5, 5.41) is -0.103. The first-order valence-corrected chi connectivity index (χ1v) is 9.10. The molecule has 3 unspecified atom stereocenters. The Bertz CT molecular complexity index is 804. The van der Waals surface area contributed by atoms with Crippen LogP contribution in [-0.4, -0.2) is 18.7 Å². The summed E-state index contributed by atoms with van der Waals surface area (Å²) in [7, 11) is -3.50. The molecule has 3 atom stereocenters. The summed E-state index contributed by atoms with van der Waals surface area (Å²) in [6.45, 7) is 0. The van der Waals surface area contributed by atoms with Gasteiger partial charge in [-0.05, 0) is 29.8 Å². The fraction of sp³-hybridized carbons (Fsp3) is 0.188. The van der Waals surface area contributed by atoms with Crippen LogP contribution in [0.4, 0.5) is 0 Å². The van der Waals surface area contributed by atoms with Crippen LogP contribution in [0.25, 0.3) is 0 Å². The molecule has 22 heavy (non-hydrogen) atoms. The molecule has 0 amide bonds. The Balaban J connectivity index is 1.99. The van der Waals surface area contributed by atoms with Crippen molar-refractivity contribution in [1.82, 2.24) is 0 Å².